The summed E-state index contributed by atoms with van der Waals surface area (Å²) in [5.74, 6) is 0.458. The number of nitrogens with one attached hydrogen (secondary N) is 1. The van der Waals surface area contributed by atoms with Gasteiger partial charge in [0.2, 0.25) is 0 Å². The number of esters is 1. The van der Waals surface area contributed by atoms with Crippen molar-refractivity contribution < 1.29 is 28.6 Å². The molecule has 2 aliphatic heterocycles. The number of rotatable bonds is 9. The minimum atomic E-state index is -0.793. The van der Waals surface area contributed by atoms with Crippen molar-refractivity contribution in [2.75, 3.05) is 53.6 Å². The molecule has 210 valence electrons. The Bertz CT molecular complexity index is 1230. The van der Waals surface area contributed by atoms with E-state index in [0.717, 1.165) is 4.88 Å². The Morgan fingerprint density at radius 2 is 1.90 bits per heavy atom. The monoisotopic (exact) mass is 556 g/mol. The molecule has 2 atom stereocenters. The number of thiophene rings is 1. The standard InChI is InChI=1S/C28H36N4O6S/c1-6-31-20(17-30-13-14-32(18(3)16-30)26(33)22-12-9-15-39-22)23(27(34)38-7-2)24(29-28(31)35)19-10-8-11-21(36-4)25(19)37-5/h8-12,15,18,24H,6-7,13-14,16-17H2,1-5H3,(H,29,35). The summed E-state index contributed by atoms with van der Waals surface area (Å²) in [4.78, 5) is 46.2. The third kappa shape index (κ3) is 5.74. The maximum absolute atomic E-state index is 13.5. The van der Waals surface area contributed by atoms with E-state index in [4.69, 9.17) is 14.2 Å². The molecule has 2 aromatic rings. The zero-order valence-corrected chi connectivity index (χ0v) is 23.9. The quantitative estimate of drug-likeness (QED) is 0.472. The van der Waals surface area contributed by atoms with E-state index in [0.29, 0.717) is 61.1 Å². The van der Waals surface area contributed by atoms with Gasteiger partial charge in [-0.05, 0) is 38.3 Å². The molecule has 1 fully saturated rings. The Labute approximate surface area is 233 Å². The molecule has 1 saturated heterocycles. The molecule has 1 aromatic heterocycles. The van der Waals surface area contributed by atoms with Crippen LogP contribution in [0.3, 0.4) is 0 Å². The Kier molecular flexibility index (Phi) is 9.13. The first-order valence-electron chi connectivity index (χ1n) is 13.1. The van der Waals surface area contributed by atoms with Crippen molar-refractivity contribution in [2.24, 2.45) is 0 Å². The van der Waals surface area contributed by atoms with Gasteiger partial charge in [0.1, 0.15) is 0 Å². The Morgan fingerprint density at radius 3 is 2.51 bits per heavy atom. The lowest BCUT2D eigenvalue weighted by molar-refractivity contribution is -0.139. The van der Waals surface area contributed by atoms with Crippen LogP contribution in [0, 0.1) is 0 Å². The van der Waals surface area contributed by atoms with Crippen LogP contribution in [0.1, 0.15) is 42.0 Å². The maximum atomic E-state index is 13.5. The summed E-state index contributed by atoms with van der Waals surface area (Å²) in [6, 6.07) is 7.94. The maximum Gasteiger partial charge on any atom is 0.338 e. The number of methoxy groups -OCH3 is 2. The second-order valence-electron chi connectivity index (χ2n) is 9.35. The second kappa shape index (κ2) is 12.5. The van der Waals surface area contributed by atoms with E-state index in [1.54, 1.807) is 24.0 Å². The van der Waals surface area contributed by atoms with Gasteiger partial charge < -0.3 is 24.4 Å². The highest BCUT2D eigenvalue weighted by Crippen LogP contribution is 2.40. The molecule has 4 rings (SSSR count). The number of carbonyl (C=O) groups is 3. The van der Waals surface area contributed by atoms with Crippen molar-refractivity contribution in [3.05, 3.63) is 57.4 Å². The summed E-state index contributed by atoms with van der Waals surface area (Å²) in [7, 11) is 3.06. The summed E-state index contributed by atoms with van der Waals surface area (Å²) >= 11 is 1.44. The van der Waals surface area contributed by atoms with E-state index < -0.39 is 12.0 Å². The number of para-hydroxylation sites is 1. The number of hydrogen-bond acceptors (Lipinski definition) is 8. The molecular formula is C28H36N4O6S. The van der Waals surface area contributed by atoms with E-state index in [1.165, 1.54) is 25.6 Å². The average Bonchev–Trinajstić information content (AvgIpc) is 3.47. The van der Waals surface area contributed by atoms with Crippen molar-refractivity contribution in [1.82, 2.24) is 20.0 Å². The lowest BCUT2D eigenvalue weighted by Gasteiger charge is -2.42. The van der Waals surface area contributed by atoms with Crippen LogP contribution in [0.25, 0.3) is 0 Å². The number of ether oxygens (including phenoxy) is 3. The van der Waals surface area contributed by atoms with Gasteiger partial charge in [-0.15, -0.1) is 11.3 Å². The van der Waals surface area contributed by atoms with E-state index in [1.807, 2.05) is 42.3 Å². The third-order valence-electron chi connectivity index (χ3n) is 7.07. The molecule has 10 nitrogen and oxygen atoms in total. The predicted octanol–water partition coefficient (Wildman–Crippen LogP) is 3.52. The zero-order valence-electron chi connectivity index (χ0n) is 23.1. The fourth-order valence-corrected chi connectivity index (χ4v) is 5.94. The molecule has 0 bridgehead atoms. The number of nitrogens with zero attached hydrogens (tertiary/aromatic N) is 3. The van der Waals surface area contributed by atoms with Crippen LogP contribution in [0.15, 0.2) is 47.0 Å². The summed E-state index contributed by atoms with van der Waals surface area (Å²) in [6.07, 6.45) is 0. The molecule has 39 heavy (non-hydrogen) atoms. The summed E-state index contributed by atoms with van der Waals surface area (Å²) in [6.45, 7) is 8.31. The molecule has 1 N–H and O–H groups in total. The van der Waals surface area contributed by atoms with Gasteiger partial charge in [-0.25, -0.2) is 9.59 Å². The molecule has 0 saturated carbocycles. The smallest absolute Gasteiger partial charge is 0.338 e. The van der Waals surface area contributed by atoms with Crippen LogP contribution in [0.2, 0.25) is 0 Å². The van der Waals surface area contributed by atoms with Crippen LogP contribution in [-0.2, 0) is 9.53 Å². The van der Waals surface area contributed by atoms with Crippen LogP contribution in [0.5, 0.6) is 11.5 Å². The zero-order chi connectivity index (χ0) is 28.1. The highest BCUT2D eigenvalue weighted by molar-refractivity contribution is 7.12. The minimum Gasteiger partial charge on any atom is -0.493 e. The third-order valence-corrected chi connectivity index (χ3v) is 7.93. The molecule has 0 spiro atoms. The van der Waals surface area contributed by atoms with Gasteiger partial charge in [0, 0.05) is 50.0 Å². The number of amides is 3. The van der Waals surface area contributed by atoms with Gasteiger partial charge in [-0.2, -0.15) is 0 Å². The van der Waals surface area contributed by atoms with Crippen LogP contribution < -0.4 is 14.8 Å². The van der Waals surface area contributed by atoms with Gasteiger partial charge in [-0.1, -0.05) is 18.2 Å². The molecule has 2 aliphatic rings. The molecule has 0 aliphatic carbocycles. The van der Waals surface area contributed by atoms with Crippen molar-refractivity contribution in [2.45, 2.75) is 32.9 Å². The van der Waals surface area contributed by atoms with Gasteiger partial charge in [0.25, 0.3) is 5.91 Å². The SMILES string of the molecule is CCOC(=O)C1=C(CN2CCN(C(=O)c3cccs3)C(C)C2)N(CC)C(=O)NC1c1cccc(OC)c1OC. The number of hydrogen-bond donors (Lipinski definition) is 1. The molecule has 11 heteroatoms. The average molecular weight is 557 g/mol. The molecular weight excluding hydrogens is 520 g/mol. The molecule has 0 radical (unpaired) electrons. The first-order valence-corrected chi connectivity index (χ1v) is 14.0. The fourth-order valence-electron chi connectivity index (χ4n) is 5.26. The second-order valence-corrected chi connectivity index (χ2v) is 10.3. The first-order chi connectivity index (χ1) is 18.8. The van der Waals surface area contributed by atoms with Crippen molar-refractivity contribution in [3.63, 3.8) is 0 Å². The number of urea groups is 1. The van der Waals surface area contributed by atoms with Crippen molar-refractivity contribution in [1.29, 1.82) is 0 Å². The highest BCUT2D eigenvalue weighted by Gasteiger charge is 2.40. The van der Waals surface area contributed by atoms with Crippen molar-refractivity contribution >= 4 is 29.2 Å². The molecule has 1 aromatic carbocycles. The Balaban J connectivity index is 1.70. The van der Waals surface area contributed by atoms with Gasteiger partial charge in [0.05, 0.1) is 37.3 Å². The van der Waals surface area contributed by atoms with Gasteiger partial charge in [0.15, 0.2) is 11.5 Å². The predicted molar refractivity (Wildman–Crippen MR) is 148 cm³/mol. The number of benzene rings is 1. The van der Waals surface area contributed by atoms with Gasteiger partial charge >= 0.3 is 12.0 Å². The van der Waals surface area contributed by atoms with E-state index >= 15 is 0 Å². The molecule has 3 heterocycles. The fraction of sp³-hybridized carbons (Fsp3) is 0.464. The van der Waals surface area contributed by atoms with E-state index in [-0.39, 0.29) is 24.6 Å². The normalized spacial score (nSPS) is 20.1. The number of likely N-dealkylation sites (N-methyl/N-ethyl adjacent to an activating group) is 1. The van der Waals surface area contributed by atoms with Crippen LogP contribution in [0.4, 0.5) is 4.79 Å². The van der Waals surface area contributed by atoms with Gasteiger partial charge in [-0.3, -0.25) is 14.6 Å². The lowest BCUT2D eigenvalue weighted by Crippen LogP contribution is -2.56. The van der Waals surface area contributed by atoms with E-state index in [9.17, 15) is 14.4 Å². The largest absolute Gasteiger partial charge is 0.493 e. The number of carbonyl (C=O) groups excluding carboxylic acids is 3. The van der Waals surface area contributed by atoms with Crippen LogP contribution in [-0.4, -0.2) is 92.2 Å². The van der Waals surface area contributed by atoms with E-state index in [2.05, 4.69) is 10.2 Å². The first kappa shape index (κ1) is 28.4. The Morgan fingerprint density at radius 1 is 1.10 bits per heavy atom. The van der Waals surface area contributed by atoms with Crippen LogP contribution >= 0.6 is 11.3 Å². The molecule has 2 unspecified atom stereocenters. The molecule has 3 amide bonds. The summed E-state index contributed by atoms with van der Waals surface area (Å²) in [5.41, 5.74) is 1.54. The van der Waals surface area contributed by atoms with Crippen molar-refractivity contribution in [3.8, 4) is 11.5 Å². The Hall–Kier alpha value is -3.57. The lowest BCUT2D eigenvalue weighted by atomic mass is 9.93. The summed E-state index contributed by atoms with van der Waals surface area (Å²) in [5, 5.41) is 4.89. The topological polar surface area (TPSA) is 101 Å². The number of piperazine rings is 1. The highest BCUT2D eigenvalue weighted by atomic mass is 32.1. The minimum absolute atomic E-state index is 0.0287. The summed E-state index contributed by atoms with van der Waals surface area (Å²) < 4.78 is 16.6.